The molecule has 2 aliphatic rings. The van der Waals surface area contributed by atoms with Gasteiger partial charge in [-0.1, -0.05) is 12.1 Å². The Kier molecular flexibility index (Phi) is 4.00. The molecule has 1 unspecified atom stereocenters. The zero-order chi connectivity index (χ0) is 18.3. The van der Waals surface area contributed by atoms with Gasteiger partial charge in [-0.2, -0.15) is 0 Å². The smallest absolute Gasteiger partial charge is 0.261 e. The van der Waals surface area contributed by atoms with Gasteiger partial charge >= 0.3 is 0 Å². The molecule has 4 rings (SSSR count). The topological polar surface area (TPSA) is 97.9 Å². The number of aliphatic imine (C=N–C) groups is 1. The largest absolute Gasteiger partial charge is 0.383 e. The van der Waals surface area contributed by atoms with Gasteiger partial charge in [-0.15, -0.1) is 0 Å². The van der Waals surface area contributed by atoms with Crippen LogP contribution in [0.2, 0.25) is 0 Å². The number of benzene rings is 1. The maximum atomic E-state index is 12.4. The highest BCUT2D eigenvalue weighted by Crippen LogP contribution is 2.31. The van der Waals surface area contributed by atoms with Crippen LogP contribution in [-0.4, -0.2) is 41.6 Å². The molecule has 0 saturated heterocycles. The molecule has 1 aromatic carbocycles. The molecule has 2 amide bonds. The first-order valence-electron chi connectivity index (χ1n) is 8.38. The summed E-state index contributed by atoms with van der Waals surface area (Å²) >= 11 is 0. The zero-order valence-corrected chi connectivity index (χ0v) is 14.3. The van der Waals surface area contributed by atoms with E-state index in [-0.39, 0.29) is 18.4 Å². The number of nitrogen functional groups attached to an aromatic ring is 1. The number of fused-ring (bicyclic) bond motifs is 2. The van der Waals surface area contributed by atoms with Crippen molar-refractivity contribution in [2.45, 2.75) is 19.1 Å². The lowest BCUT2D eigenvalue weighted by molar-refractivity contribution is 0.0656. The lowest BCUT2D eigenvalue weighted by atomic mass is 10.0. The Morgan fingerprint density at radius 3 is 2.58 bits per heavy atom. The van der Waals surface area contributed by atoms with Crippen LogP contribution in [0.3, 0.4) is 0 Å². The summed E-state index contributed by atoms with van der Waals surface area (Å²) < 4.78 is 5.33. The second-order valence-corrected chi connectivity index (χ2v) is 6.25. The number of pyridine rings is 1. The van der Waals surface area contributed by atoms with E-state index in [2.05, 4.69) is 9.98 Å². The Hall–Kier alpha value is -3.06. The number of aromatic nitrogens is 1. The molecule has 0 radical (unpaired) electrons. The maximum Gasteiger partial charge on any atom is 0.261 e. The molecule has 7 nitrogen and oxygen atoms in total. The summed E-state index contributed by atoms with van der Waals surface area (Å²) in [7, 11) is 1.58. The number of nitrogens with zero attached hydrogens (tertiary/aromatic N) is 3. The first-order valence-corrected chi connectivity index (χ1v) is 8.38. The van der Waals surface area contributed by atoms with Crippen LogP contribution in [0.5, 0.6) is 0 Å². The lowest BCUT2D eigenvalue weighted by Gasteiger charge is -2.21. The molecule has 1 aromatic heterocycles. The molecule has 0 aliphatic carbocycles. The Bertz CT molecular complexity index is 903. The fraction of sp³-hybridized carbons (Fsp3) is 0.263. The molecule has 0 spiro atoms. The third-order valence-electron chi connectivity index (χ3n) is 4.72. The van der Waals surface area contributed by atoms with E-state index in [1.807, 2.05) is 6.07 Å². The molecular weight excluding hydrogens is 332 g/mol. The van der Waals surface area contributed by atoms with Crippen LogP contribution in [0, 0.1) is 0 Å². The number of methoxy groups -OCH3 is 1. The maximum absolute atomic E-state index is 12.4. The van der Waals surface area contributed by atoms with Crippen molar-refractivity contribution in [3.8, 4) is 0 Å². The van der Waals surface area contributed by atoms with E-state index in [4.69, 9.17) is 10.5 Å². The molecule has 7 heteroatoms. The van der Waals surface area contributed by atoms with Gasteiger partial charge < -0.3 is 10.5 Å². The van der Waals surface area contributed by atoms with E-state index in [1.54, 1.807) is 37.6 Å². The Labute approximate surface area is 150 Å². The summed E-state index contributed by atoms with van der Waals surface area (Å²) in [5, 5.41) is 0. The zero-order valence-electron chi connectivity index (χ0n) is 14.3. The number of carbonyl (C=O) groups is 2. The molecular formula is C19H18N4O3. The molecule has 3 heterocycles. The van der Waals surface area contributed by atoms with Crippen LogP contribution in [0.25, 0.3) is 0 Å². The Balaban J connectivity index is 1.54. The minimum atomic E-state index is -0.434. The predicted molar refractivity (Wildman–Crippen MR) is 96.1 cm³/mol. The monoisotopic (exact) mass is 350 g/mol. The number of carbonyl (C=O) groups excluding carboxylic acids is 2. The first-order chi connectivity index (χ1) is 12.6. The van der Waals surface area contributed by atoms with Crippen LogP contribution < -0.4 is 5.73 Å². The van der Waals surface area contributed by atoms with Crippen molar-refractivity contribution >= 4 is 23.8 Å². The van der Waals surface area contributed by atoms with Gasteiger partial charge in [0.25, 0.3) is 11.8 Å². The summed E-state index contributed by atoms with van der Waals surface area (Å²) in [6.07, 6.45) is 2.46. The molecule has 132 valence electrons. The Morgan fingerprint density at radius 1 is 1.23 bits per heavy atom. The van der Waals surface area contributed by atoms with Crippen molar-refractivity contribution in [3.63, 3.8) is 0 Å². The number of ether oxygens (including phenoxy) is 1. The van der Waals surface area contributed by atoms with E-state index < -0.39 is 6.23 Å². The van der Waals surface area contributed by atoms with Gasteiger partial charge in [0, 0.05) is 44.0 Å². The predicted octanol–water partition coefficient (Wildman–Crippen LogP) is 1.77. The van der Waals surface area contributed by atoms with Crippen molar-refractivity contribution in [1.82, 2.24) is 9.88 Å². The van der Waals surface area contributed by atoms with Gasteiger partial charge in [-0.05, 0) is 23.8 Å². The first kappa shape index (κ1) is 16.4. The highest BCUT2D eigenvalue weighted by Gasteiger charge is 2.34. The van der Waals surface area contributed by atoms with Gasteiger partial charge in [0.1, 0.15) is 5.82 Å². The third kappa shape index (κ3) is 2.57. The summed E-state index contributed by atoms with van der Waals surface area (Å²) in [6.45, 7) is 0.263. The number of imide groups is 1. The van der Waals surface area contributed by atoms with E-state index >= 15 is 0 Å². The quantitative estimate of drug-likeness (QED) is 0.848. The normalized spacial score (nSPS) is 18.2. The summed E-state index contributed by atoms with van der Waals surface area (Å²) in [5.41, 5.74) is 9.55. The summed E-state index contributed by atoms with van der Waals surface area (Å²) in [4.78, 5) is 34.8. The average molecular weight is 350 g/mol. The summed E-state index contributed by atoms with van der Waals surface area (Å²) in [5.74, 6) is -0.144. The van der Waals surface area contributed by atoms with Crippen molar-refractivity contribution in [1.29, 1.82) is 0 Å². The highest BCUT2D eigenvalue weighted by atomic mass is 16.5. The highest BCUT2D eigenvalue weighted by molar-refractivity contribution is 6.21. The molecule has 2 aliphatic heterocycles. The molecule has 0 fully saturated rings. The fourth-order valence-corrected chi connectivity index (χ4v) is 3.44. The molecule has 2 N–H and O–H groups in total. The second kappa shape index (κ2) is 6.34. The number of rotatable bonds is 4. The van der Waals surface area contributed by atoms with Crippen LogP contribution >= 0.6 is 0 Å². The third-order valence-corrected chi connectivity index (χ3v) is 4.72. The van der Waals surface area contributed by atoms with Crippen molar-refractivity contribution in [2.24, 2.45) is 4.99 Å². The molecule has 0 bridgehead atoms. The Morgan fingerprint density at radius 2 is 1.92 bits per heavy atom. The number of hydrogen-bond donors (Lipinski definition) is 1. The van der Waals surface area contributed by atoms with Crippen molar-refractivity contribution < 1.29 is 14.3 Å². The van der Waals surface area contributed by atoms with Crippen LogP contribution in [0.4, 0.5) is 5.82 Å². The standard InChI is InChI=1S/C19H18N4O3/c1-26-17-15-11(6-8-21-17)10-12(22-16(15)20)7-9-23-18(24)13-4-2-3-5-14(13)19(23)25/h2-5,8,10,17H,6-7,9H2,1H3,(H2,20,22). The number of amides is 2. The minimum absolute atomic E-state index is 0.261. The van der Waals surface area contributed by atoms with E-state index in [0.717, 1.165) is 16.8 Å². The van der Waals surface area contributed by atoms with Gasteiger partial charge in [-0.25, -0.2) is 4.98 Å². The number of anilines is 1. The van der Waals surface area contributed by atoms with Gasteiger partial charge in [-0.3, -0.25) is 19.5 Å². The number of nitrogens with two attached hydrogens (primary N) is 1. The fourth-order valence-electron chi connectivity index (χ4n) is 3.44. The van der Waals surface area contributed by atoms with E-state index in [1.165, 1.54) is 4.90 Å². The SMILES string of the molecule is COC1N=CCc2cc(CCN3C(=O)c4ccccc4C3=O)nc(N)c21. The molecule has 2 aromatic rings. The molecule has 1 atom stereocenters. The van der Waals surface area contributed by atoms with Gasteiger partial charge in [0.05, 0.1) is 11.1 Å². The van der Waals surface area contributed by atoms with Crippen molar-refractivity contribution in [3.05, 3.63) is 58.3 Å². The molecule has 26 heavy (non-hydrogen) atoms. The lowest BCUT2D eigenvalue weighted by Crippen LogP contribution is -2.32. The number of hydrogen-bond acceptors (Lipinski definition) is 6. The van der Waals surface area contributed by atoms with E-state index in [0.29, 0.717) is 29.8 Å². The van der Waals surface area contributed by atoms with Gasteiger partial charge in [0.2, 0.25) is 0 Å². The van der Waals surface area contributed by atoms with E-state index in [9.17, 15) is 9.59 Å². The van der Waals surface area contributed by atoms with Crippen LogP contribution in [0.1, 0.15) is 43.8 Å². The van der Waals surface area contributed by atoms with Crippen molar-refractivity contribution in [2.75, 3.05) is 19.4 Å². The average Bonchev–Trinajstić information content (AvgIpc) is 2.90. The molecule has 0 saturated carbocycles. The summed E-state index contributed by atoms with van der Waals surface area (Å²) in [6, 6.07) is 8.81. The minimum Gasteiger partial charge on any atom is -0.383 e. The van der Waals surface area contributed by atoms with Crippen LogP contribution in [-0.2, 0) is 17.6 Å². The van der Waals surface area contributed by atoms with Gasteiger partial charge in [0.15, 0.2) is 6.23 Å². The van der Waals surface area contributed by atoms with Crippen LogP contribution in [0.15, 0.2) is 35.3 Å². The second-order valence-electron chi connectivity index (χ2n) is 6.25.